The first-order chi connectivity index (χ1) is 16.0. The molecule has 4 atom stereocenters. The molecule has 2 N–H and O–H groups in total. The number of carbonyl (C=O) groups is 1. The van der Waals surface area contributed by atoms with Gasteiger partial charge in [0, 0.05) is 66.9 Å². The van der Waals surface area contributed by atoms with Gasteiger partial charge in [-0.25, -0.2) is 14.5 Å². The molecule has 0 radical (unpaired) electrons. The second kappa shape index (κ2) is 7.87. The van der Waals surface area contributed by atoms with Crippen LogP contribution in [0.5, 0.6) is 0 Å². The van der Waals surface area contributed by atoms with Crippen molar-refractivity contribution in [2.24, 2.45) is 16.8 Å². The monoisotopic (exact) mass is 475 g/mol. The van der Waals surface area contributed by atoms with E-state index in [1.807, 2.05) is 10.3 Å². The Morgan fingerprint density at radius 3 is 2.76 bits per heavy atom. The summed E-state index contributed by atoms with van der Waals surface area (Å²) in [4.78, 5) is 25.8. The molecule has 4 fully saturated rings. The number of amides is 2. The Morgan fingerprint density at radius 1 is 1.27 bits per heavy atom. The number of aromatic nitrogens is 3. The first-order valence-corrected chi connectivity index (χ1v) is 11.9. The molecule has 1 saturated carbocycles. The highest BCUT2D eigenvalue weighted by molar-refractivity contribution is 7.11. The highest BCUT2D eigenvalue weighted by Crippen LogP contribution is 2.40. The average molecular weight is 476 g/mol. The number of hydrogen-bond acceptors (Lipinski definition) is 7. The second-order valence-corrected chi connectivity index (χ2v) is 9.87. The van der Waals surface area contributed by atoms with E-state index in [-0.39, 0.29) is 30.0 Å². The maximum Gasteiger partial charge on any atom is 0.333 e. The molecule has 5 aliphatic rings. The van der Waals surface area contributed by atoms with Crippen molar-refractivity contribution in [3.05, 3.63) is 40.2 Å². The number of urea groups is 1. The minimum Gasteiger partial charge on any atom is -0.392 e. The van der Waals surface area contributed by atoms with Gasteiger partial charge in [-0.2, -0.15) is 13.9 Å². The lowest BCUT2D eigenvalue weighted by molar-refractivity contribution is -0.0949. The molecule has 174 valence electrons. The van der Waals surface area contributed by atoms with Gasteiger partial charge < -0.3 is 20.2 Å². The molecule has 33 heavy (non-hydrogen) atoms. The number of amidine groups is 1. The van der Waals surface area contributed by atoms with Crippen LogP contribution in [0.25, 0.3) is 5.57 Å². The Balaban J connectivity index is 1.24. The number of aliphatic hydroxyl groups excluding tert-OH is 1. The SMILES string of the molecule is O=C(N[C@H]1CC2=C(c3ccn(C(F)F)n3)CN=C(c3nccs3)N2C1)N1C[C@H]2C[C@@H](C1)[C@@H]2O. The fourth-order valence-electron chi connectivity index (χ4n) is 5.31. The molecule has 0 aromatic carbocycles. The summed E-state index contributed by atoms with van der Waals surface area (Å²) in [7, 11) is 0. The van der Waals surface area contributed by atoms with Gasteiger partial charge in [0.15, 0.2) is 10.8 Å². The minimum atomic E-state index is -2.71. The lowest BCUT2D eigenvalue weighted by Gasteiger charge is -2.51. The van der Waals surface area contributed by atoms with E-state index in [1.54, 1.807) is 17.2 Å². The normalized spacial score (nSPS) is 28.7. The molecular formula is C21H23F2N7O2S. The summed E-state index contributed by atoms with van der Waals surface area (Å²) in [6, 6.07) is 1.29. The molecule has 3 saturated heterocycles. The first-order valence-electron chi connectivity index (χ1n) is 11.0. The maximum atomic E-state index is 13.1. The number of piperidine rings is 2. The largest absolute Gasteiger partial charge is 0.392 e. The number of thiazole rings is 1. The van der Waals surface area contributed by atoms with Crippen molar-refractivity contribution >= 4 is 28.8 Å². The number of alkyl halides is 2. The Bertz CT molecular complexity index is 1120. The lowest BCUT2D eigenvalue weighted by Crippen LogP contribution is -2.61. The van der Waals surface area contributed by atoms with E-state index in [0.29, 0.717) is 43.0 Å². The molecule has 0 unspecified atom stereocenters. The molecule has 6 heterocycles. The van der Waals surface area contributed by atoms with Gasteiger partial charge in [-0.1, -0.05) is 0 Å². The highest BCUT2D eigenvalue weighted by Gasteiger charge is 2.47. The predicted molar refractivity (Wildman–Crippen MR) is 117 cm³/mol. The summed E-state index contributed by atoms with van der Waals surface area (Å²) in [5.74, 6) is 1.08. The fourth-order valence-corrected chi connectivity index (χ4v) is 5.97. The number of nitrogens with zero attached hydrogens (tertiary/aromatic N) is 6. The minimum absolute atomic E-state index is 0.127. The Kier molecular flexibility index (Phi) is 4.94. The molecule has 9 nitrogen and oxygen atoms in total. The van der Waals surface area contributed by atoms with Crippen LogP contribution in [-0.4, -0.2) is 79.9 Å². The standard InChI is InChI=1S/C21H23F2N7O2S/c22-20(23)30-3-1-15(27-30)14-7-25-18(19-24-2-4-33-19)29-10-13(6-16(14)29)26-21(32)28-8-11-5-12(9-28)17(11)31/h1-4,11-13,17,20,31H,5-10H2,(H,26,32)/t11-,12+,13-,17-/m0/s1. The van der Waals surface area contributed by atoms with Crippen LogP contribution < -0.4 is 5.32 Å². The number of aliphatic hydroxyl groups is 1. The van der Waals surface area contributed by atoms with Crippen molar-refractivity contribution in [2.75, 3.05) is 26.2 Å². The van der Waals surface area contributed by atoms with Crippen LogP contribution in [-0.2, 0) is 0 Å². The third kappa shape index (κ3) is 3.52. The molecule has 7 rings (SSSR count). The number of hydrogen-bond donors (Lipinski definition) is 2. The summed E-state index contributed by atoms with van der Waals surface area (Å²) >= 11 is 1.48. The molecule has 2 aromatic rings. The van der Waals surface area contributed by atoms with Gasteiger partial charge in [0.05, 0.1) is 24.4 Å². The van der Waals surface area contributed by atoms with Gasteiger partial charge in [-0.15, -0.1) is 11.3 Å². The molecule has 0 spiro atoms. The van der Waals surface area contributed by atoms with E-state index in [0.717, 1.165) is 28.5 Å². The van der Waals surface area contributed by atoms with Crippen LogP contribution in [0.1, 0.15) is 30.1 Å². The van der Waals surface area contributed by atoms with Crippen molar-refractivity contribution in [3.63, 3.8) is 0 Å². The number of aliphatic imine (C=N–C) groups is 1. The number of rotatable bonds is 4. The van der Waals surface area contributed by atoms with Gasteiger partial charge >= 0.3 is 12.6 Å². The predicted octanol–water partition coefficient (Wildman–Crippen LogP) is 2.00. The number of halogens is 2. The molecule has 2 amide bonds. The van der Waals surface area contributed by atoms with Crippen molar-refractivity contribution in [1.82, 2.24) is 29.9 Å². The molecule has 2 aromatic heterocycles. The van der Waals surface area contributed by atoms with Crippen molar-refractivity contribution in [1.29, 1.82) is 0 Å². The van der Waals surface area contributed by atoms with E-state index in [9.17, 15) is 18.7 Å². The van der Waals surface area contributed by atoms with Crippen LogP contribution >= 0.6 is 11.3 Å². The Morgan fingerprint density at radius 2 is 2.09 bits per heavy atom. The van der Waals surface area contributed by atoms with Gasteiger partial charge in [0.25, 0.3) is 0 Å². The first kappa shape index (κ1) is 20.7. The van der Waals surface area contributed by atoms with Gasteiger partial charge in [0.2, 0.25) is 0 Å². The fraction of sp³-hybridized carbons (Fsp3) is 0.524. The zero-order chi connectivity index (χ0) is 22.7. The van der Waals surface area contributed by atoms with E-state index in [1.165, 1.54) is 17.5 Å². The lowest BCUT2D eigenvalue weighted by atomic mass is 9.68. The van der Waals surface area contributed by atoms with Crippen LogP contribution in [0.3, 0.4) is 0 Å². The zero-order valence-electron chi connectivity index (χ0n) is 17.6. The number of nitrogens with one attached hydrogen (secondary N) is 1. The van der Waals surface area contributed by atoms with E-state index >= 15 is 0 Å². The van der Waals surface area contributed by atoms with Crippen molar-refractivity contribution < 1.29 is 18.7 Å². The molecular weight excluding hydrogens is 452 g/mol. The topological polar surface area (TPSA) is 98.9 Å². The van der Waals surface area contributed by atoms with E-state index < -0.39 is 6.55 Å². The number of carbonyl (C=O) groups excluding carboxylic acids is 1. The van der Waals surface area contributed by atoms with Crippen LogP contribution in [0.2, 0.25) is 0 Å². The van der Waals surface area contributed by atoms with Crippen LogP contribution in [0.4, 0.5) is 13.6 Å². The summed E-state index contributed by atoms with van der Waals surface area (Å²) in [5.41, 5.74) is 2.18. The van der Waals surface area contributed by atoms with Gasteiger partial charge in [-0.05, 0) is 12.5 Å². The van der Waals surface area contributed by atoms with Crippen LogP contribution in [0, 0.1) is 11.8 Å². The smallest absolute Gasteiger partial charge is 0.333 e. The molecule has 4 aliphatic heterocycles. The third-order valence-electron chi connectivity index (χ3n) is 7.00. The maximum absolute atomic E-state index is 13.1. The molecule has 1 aliphatic carbocycles. The zero-order valence-corrected chi connectivity index (χ0v) is 18.5. The van der Waals surface area contributed by atoms with Gasteiger partial charge in [-0.3, -0.25) is 4.99 Å². The quantitative estimate of drug-likeness (QED) is 0.705. The Hall–Kier alpha value is -2.86. The average Bonchev–Trinajstić information content (AvgIpc) is 3.58. The van der Waals surface area contributed by atoms with Crippen molar-refractivity contribution in [2.45, 2.75) is 31.5 Å². The van der Waals surface area contributed by atoms with Crippen LogP contribution in [0.15, 0.2) is 34.5 Å². The van der Waals surface area contributed by atoms with E-state index in [4.69, 9.17) is 4.99 Å². The van der Waals surface area contributed by atoms with Gasteiger partial charge in [0.1, 0.15) is 0 Å². The summed E-state index contributed by atoms with van der Waals surface area (Å²) in [6.45, 7) is -0.727. The Labute approximate surface area is 192 Å². The number of fused-ring (bicyclic) bond motifs is 3. The third-order valence-corrected chi connectivity index (χ3v) is 7.77. The second-order valence-electron chi connectivity index (χ2n) is 8.97. The van der Waals surface area contributed by atoms with E-state index in [2.05, 4.69) is 15.4 Å². The van der Waals surface area contributed by atoms with Crippen molar-refractivity contribution in [3.8, 4) is 0 Å². The summed E-state index contributed by atoms with van der Waals surface area (Å²) < 4.78 is 26.8. The molecule has 2 bridgehead atoms. The molecule has 12 heteroatoms. The highest BCUT2D eigenvalue weighted by atomic mass is 32.1. The summed E-state index contributed by atoms with van der Waals surface area (Å²) in [5, 5.41) is 19.8. The summed E-state index contributed by atoms with van der Waals surface area (Å²) in [6.07, 6.45) is 4.24.